The Morgan fingerprint density at radius 3 is 2.15 bits per heavy atom. The van der Waals surface area contributed by atoms with Gasteiger partial charge < -0.3 is 30.5 Å². The van der Waals surface area contributed by atoms with Crippen LogP contribution in [0.15, 0.2) is 24.3 Å². The number of carbonyl (C=O) groups excluding carboxylic acids is 2. The summed E-state index contributed by atoms with van der Waals surface area (Å²) in [6.45, 7) is 8.01. The number of amides is 2. The number of nitrogens with zero attached hydrogens (tertiary/aromatic N) is 2. The molecule has 0 bridgehead atoms. The van der Waals surface area contributed by atoms with Crippen molar-refractivity contribution in [2.75, 3.05) is 31.1 Å². The van der Waals surface area contributed by atoms with Crippen LogP contribution in [0.2, 0.25) is 0 Å². The summed E-state index contributed by atoms with van der Waals surface area (Å²) in [6.07, 6.45) is -3.00. The highest BCUT2D eigenvalue weighted by Crippen LogP contribution is 2.23. The van der Waals surface area contributed by atoms with Crippen molar-refractivity contribution in [3.05, 3.63) is 29.8 Å². The molecule has 1 heterocycles. The third kappa shape index (κ3) is 6.11. The number of primary amides is 1. The molecule has 2 atom stereocenters. The predicted molar refractivity (Wildman–Crippen MR) is 101 cm³/mol. The van der Waals surface area contributed by atoms with Gasteiger partial charge in [0.2, 0.25) is 5.91 Å². The van der Waals surface area contributed by atoms with Crippen molar-refractivity contribution >= 4 is 17.7 Å². The fraction of sp³-hybridized carbons (Fsp3) is 0.579. The molecule has 2 rings (SSSR count). The number of carbonyl (C=O) groups is 2. The summed E-state index contributed by atoms with van der Waals surface area (Å²) in [7, 11) is 0. The van der Waals surface area contributed by atoms with Crippen LogP contribution in [0.25, 0.3) is 0 Å². The van der Waals surface area contributed by atoms with Crippen LogP contribution < -0.4 is 10.6 Å². The van der Waals surface area contributed by atoms with E-state index in [0.29, 0.717) is 31.7 Å². The summed E-state index contributed by atoms with van der Waals surface area (Å²) in [6, 6.07) is 7.12. The second kappa shape index (κ2) is 8.58. The van der Waals surface area contributed by atoms with Gasteiger partial charge in [-0.05, 0) is 38.5 Å². The number of benzene rings is 1. The zero-order valence-corrected chi connectivity index (χ0v) is 16.1. The first-order chi connectivity index (χ1) is 12.6. The molecule has 1 aromatic carbocycles. The van der Waals surface area contributed by atoms with E-state index in [0.717, 1.165) is 5.69 Å². The highest BCUT2D eigenvalue weighted by atomic mass is 16.6. The van der Waals surface area contributed by atoms with Crippen molar-refractivity contribution in [1.82, 2.24) is 4.90 Å². The first-order valence-electron chi connectivity index (χ1n) is 9.04. The van der Waals surface area contributed by atoms with E-state index in [4.69, 9.17) is 10.5 Å². The van der Waals surface area contributed by atoms with Gasteiger partial charge in [0.15, 0.2) is 0 Å². The number of anilines is 1. The maximum atomic E-state index is 12.1. The first kappa shape index (κ1) is 21.0. The molecule has 1 saturated heterocycles. The lowest BCUT2D eigenvalue weighted by Gasteiger charge is -2.36. The quantitative estimate of drug-likeness (QED) is 0.703. The van der Waals surface area contributed by atoms with Gasteiger partial charge in [-0.2, -0.15) is 0 Å². The molecule has 0 aromatic heterocycles. The van der Waals surface area contributed by atoms with E-state index in [-0.39, 0.29) is 12.5 Å². The van der Waals surface area contributed by atoms with Crippen molar-refractivity contribution in [1.29, 1.82) is 0 Å². The summed E-state index contributed by atoms with van der Waals surface area (Å²) in [5, 5.41) is 19.9. The minimum absolute atomic E-state index is 0.296. The fourth-order valence-electron chi connectivity index (χ4n) is 2.90. The number of piperazine rings is 1. The Bertz CT molecular complexity index is 648. The molecular formula is C19H29N3O5. The Balaban J connectivity index is 1.91. The van der Waals surface area contributed by atoms with Crippen LogP contribution >= 0.6 is 0 Å². The average Bonchev–Trinajstić information content (AvgIpc) is 2.59. The molecule has 1 fully saturated rings. The minimum atomic E-state index is -1.23. The van der Waals surface area contributed by atoms with Gasteiger partial charge in [0, 0.05) is 31.9 Å². The van der Waals surface area contributed by atoms with E-state index >= 15 is 0 Å². The molecule has 1 aliphatic heterocycles. The molecule has 8 heteroatoms. The topological polar surface area (TPSA) is 116 Å². The lowest BCUT2D eigenvalue weighted by Crippen LogP contribution is -2.50. The zero-order chi connectivity index (χ0) is 20.2. The Kier molecular flexibility index (Phi) is 6.67. The molecule has 2 amide bonds. The summed E-state index contributed by atoms with van der Waals surface area (Å²) in [4.78, 5) is 26.8. The molecule has 2 unspecified atom stereocenters. The predicted octanol–water partition coefficient (Wildman–Crippen LogP) is 1.01. The second-order valence-electron chi connectivity index (χ2n) is 7.73. The Hall–Kier alpha value is -2.32. The van der Waals surface area contributed by atoms with Gasteiger partial charge in [-0.15, -0.1) is 0 Å². The smallest absolute Gasteiger partial charge is 0.410 e. The van der Waals surface area contributed by atoms with Crippen LogP contribution in [0.4, 0.5) is 10.5 Å². The largest absolute Gasteiger partial charge is 0.444 e. The third-order valence-electron chi connectivity index (χ3n) is 4.31. The van der Waals surface area contributed by atoms with Gasteiger partial charge in [0.1, 0.15) is 11.7 Å². The molecule has 150 valence electrons. The van der Waals surface area contributed by atoms with Gasteiger partial charge in [-0.1, -0.05) is 12.1 Å². The Labute approximate surface area is 159 Å². The number of rotatable bonds is 5. The molecule has 1 aromatic rings. The molecule has 1 aliphatic rings. The van der Waals surface area contributed by atoms with Crippen LogP contribution in [0.3, 0.4) is 0 Å². The van der Waals surface area contributed by atoms with Gasteiger partial charge in [-0.3, -0.25) is 4.79 Å². The van der Waals surface area contributed by atoms with E-state index in [1.165, 1.54) is 0 Å². The molecule has 0 saturated carbocycles. The van der Waals surface area contributed by atoms with Crippen LogP contribution in [-0.4, -0.2) is 65.0 Å². The molecule has 27 heavy (non-hydrogen) atoms. The van der Waals surface area contributed by atoms with Crippen molar-refractivity contribution in [2.45, 2.75) is 45.0 Å². The number of aliphatic hydroxyl groups excluding tert-OH is 2. The highest BCUT2D eigenvalue weighted by molar-refractivity contribution is 5.74. The summed E-state index contributed by atoms with van der Waals surface area (Å²) >= 11 is 0. The number of aliphatic hydroxyl groups is 2. The van der Waals surface area contributed by atoms with Gasteiger partial charge in [-0.25, -0.2) is 4.79 Å². The van der Waals surface area contributed by atoms with Crippen LogP contribution in [0, 0.1) is 0 Å². The SMILES string of the molecule is CC(C)(C)OC(=O)N1CCN(c2ccc(C(O)C(O)CC(N)=O)cc2)CC1. The molecule has 0 aliphatic carbocycles. The van der Waals surface area contributed by atoms with E-state index < -0.39 is 23.7 Å². The van der Waals surface area contributed by atoms with Gasteiger partial charge in [0.25, 0.3) is 0 Å². The normalized spacial score (nSPS) is 17.4. The maximum Gasteiger partial charge on any atom is 0.410 e. The van der Waals surface area contributed by atoms with Crippen LogP contribution in [0.5, 0.6) is 0 Å². The van der Waals surface area contributed by atoms with Crippen LogP contribution in [0.1, 0.15) is 38.9 Å². The first-order valence-corrected chi connectivity index (χ1v) is 9.04. The number of nitrogens with two attached hydrogens (primary N) is 1. The van der Waals surface area contributed by atoms with E-state index in [1.54, 1.807) is 17.0 Å². The van der Waals surface area contributed by atoms with E-state index in [1.807, 2.05) is 32.9 Å². The fourth-order valence-corrected chi connectivity index (χ4v) is 2.90. The highest BCUT2D eigenvalue weighted by Gasteiger charge is 2.26. The lowest BCUT2D eigenvalue weighted by molar-refractivity contribution is -0.121. The third-order valence-corrected chi connectivity index (χ3v) is 4.31. The summed E-state index contributed by atoms with van der Waals surface area (Å²) in [5.41, 5.74) is 6.00. The number of hydrogen-bond acceptors (Lipinski definition) is 6. The average molecular weight is 379 g/mol. The zero-order valence-electron chi connectivity index (χ0n) is 16.1. The molecular weight excluding hydrogens is 350 g/mol. The van der Waals surface area contributed by atoms with Crippen molar-refractivity contribution < 1.29 is 24.5 Å². The van der Waals surface area contributed by atoms with E-state index in [2.05, 4.69) is 4.90 Å². The maximum absolute atomic E-state index is 12.1. The second-order valence-corrected chi connectivity index (χ2v) is 7.73. The molecule has 4 N–H and O–H groups in total. The van der Waals surface area contributed by atoms with Gasteiger partial charge >= 0.3 is 6.09 Å². The number of ether oxygens (including phenoxy) is 1. The van der Waals surface area contributed by atoms with Crippen molar-refractivity contribution in [3.8, 4) is 0 Å². The van der Waals surface area contributed by atoms with Gasteiger partial charge in [0.05, 0.1) is 12.5 Å². The minimum Gasteiger partial charge on any atom is -0.444 e. The molecule has 0 radical (unpaired) electrons. The van der Waals surface area contributed by atoms with Crippen LogP contribution in [-0.2, 0) is 9.53 Å². The van der Waals surface area contributed by atoms with Crippen molar-refractivity contribution in [3.63, 3.8) is 0 Å². The molecule has 8 nitrogen and oxygen atoms in total. The lowest BCUT2D eigenvalue weighted by atomic mass is 10.0. The standard InChI is InChI=1S/C19H29N3O5/c1-19(2,3)27-18(26)22-10-8-21(9-11-22)14-6-4-13(5-7-14)17(25)15(23)12-16(20)24/h4-7,15,17,23,25H,8-12H2,1-3H3,(H2,20,24). The Morgan fingerprint density at radius 2 is 1.67 bits per heavy atom. The van der Waals surface area contributed by atoms with E-state index in [9.17, 15) is 19.8 Å². The summed E-state index contributed by atoms with van der Waals surface area (Å²) < 4.78 is 5.39. The Morgan fingerprint density at radius 1 is 1.11 bits per heavy atom. The summed E-state index contributed by atoms with van der Waals surface area (Å²) in [5.74, 6) is -0.666. The monoisotopic (exact) mass is 379 g/mol. The van der Waals surface area contributed by atoms with Crippen molar-refractivity contribution in [2.24, 2.45) is 5.73 Å². The molecule has 0 spiro atoms. The number of hydrogen-bond donors (Lipinski definition) is 3.